The lowest BCUT2D eigenvalue weighted by atomic mass is 9.72. The van der Waals surface area contributed by atoms with Crippen molar-refractivity contribution in [3.8, 4) is 33.8 Å². The van der Waals surface area contributed by atoms with Gasteiger partial charge in [-0.15, -0.1) is 0 Å². The minimum Gasteiger partial charge on any atom is -0.490 e. The second-order valence-corrected chi connectivity index (χ2v) is 16.1. The fraction of sp³-hybridized carbons (Fsp3) is 0.222. The quantitative estimate of drug-likeness (QED) is 0.103. The van der Waals surface area contributed by atoms with Gasteiger partial charge in [-0.1, -0.05) is 185 Å². The molecular weight excluding hydrogens is 713 g/mol. The van der Waals surface area contributed by atoms with Gasteiger partial charge >= 0.3 is 0 Å². The third-order valence-corrected chi connectivity index (χ3v) is 11.4. The fourth-order valence-corrected chi connectivity index (χ4v) is 7.92. The molecule has 7 rings (SSSR count). The van der Waals surface area contributed by atoms with Crippen LogP contribution in [-0.2, 0) is 23.7 Å². The molecule has 0 saturated heterocycles. The average Bonchev–Trinajstić information content (AvgIpc) is 3.26. The number of benzene rings is 7. The molecule has 7 aromatic carbocycles. The van der Waals surface area contributed by atoms with Crippen molar-refractivity contribution in [1.82, 2.24) is 0 Å². The van der Waals surface area contributed by atoms with E-state index in [4.69, 9.17) is 9.47 Å². The number of ether oxygens (including phenoxy) is 2. The van der Waals surface area contributed by atoms with E-state index in [1.807, 2.05) is 24.3 Å². The van der Waals surface area contributed by atoms with Crippen LogP contribution in [0.1, 0.15) is 72.2 Å². The third kappa shape index (κ3) is 8.95. The van der Waals surface area contributed by atoms with Gasteiger partial charge in [0, 0.05) is 34.8 Å². The molecule has 0 spiro atoms. The van der Waals surface area contributed by atoms with E-state index < -0.39 is 0 Å². The first-order chi connectivity index (χ1) is 28.2. The molecule has 0 saturated carbocycles. The summed E-state index contributed by atoms with van der Waals surface area (Å²) in [5, 5.41) is 19.7. The Morgan fingerprint density at radius 1 is 0.397 bits per heavy atom. The molecule has 0 amide bonds. The van der Waals surface area contributed by atoms with Crippen molar-refractivity contribution < 1.29 is 19.7 Å². The summed E-state index contributed by atoms with van der Waals surface area (Å²) >= 11 is 0. The molecule has 7 aromatic rings. The predicted molar refractivity (Wildman–Crippen MR) is 238 cm³/mol. The zero-order valence-electron chi connectivity index (χ0n) is 34.1. The molecule has 0 bridgehead atoms. The first-order valence-corrected chi connectivity index (χ1v) is 20.3. The van der Waals surface area contributed by atoms with E-state index in [0.29, 0.717) is 12.8 Å². The van der Waals surface area contributed by atoms with E-state index in [-0.39, 0.29) is 37.3 Å². The summed E-state index contributed by atoms with van der Waals surface area (Å²) in [5.74, 6) is 1.62. The summed E-state index contributed by atoms with van der Waals surface area (Å²) in [6.07, 6.45) is 1.40. The van der Waals surface area contributed by atoms with E-state index in [2.05, 4.69) is 173 Å². The van der Waals surface area contributed by atoms with Crippen LogP contribution in [0, 0.1) is 0 Å². The van der Waals surface area contributed by atoms with Gasteiger partial charge in [0.25, 0.3) is 0 Å². The number of aliphatic hydroxyl groups excluding tert-OH is 2. The molecule has 0 aliphatic rings. The lowest BCUT2D eigenvalue weighted by Crippen LogP contribution is -2.24. The van der Waals surface area contributed by atoms with Crippen molar-refractivity contribution in [3.63, 3.8) is 0 Å². The smallest absolute Gasteiger partial charge is 0.130 e. The van der Waals surface area contributed by atoms with Crippen LogP contribution >= 0.6 is 0 Å². The highest BCUT2D eigenvalue weighted by Gasteiger charge is 2.31. The molecule has 2 N–H and O–H groups in total. The second-order valence-electron chi connectivity index (χ2n) is 16.1. The van der Waals surface area contributed by atoms with E-state index in [1.165, 1.54) is 33.4 Å². The monoisotopic (exact) mass is 766 g/mol. The summed E-state index contributed by atoms with van der Waals surface area (Å²) in [6.45, 7) is 9.54. The van der Waals surface area contributed by atoms with Crippen molar-refractivity contribution in [2.24, 2.45) is 0 Å². The van der Waals surface area contributed by atoms with Crippen molar-refractivity contribution in [2.75, 3.05) is 26.4 Å². The average molecular weight is 767 g/mol. The number of hydrogen-bond acceptors (Lipinski definition) is 4. The molecule has 0 aromatic heterocycles. The molecular formula is C54H54O4. The normalized spacial score (nSPS) is 11.7. The van der Waals surface area contributed by atoms with Gasteiger partial charge in [0.15, 0.2) is 0 Å². The van der Waals surface area contributed by atoms with Crippen LogP contribution < -0.4 is 9.47 Å². The van der Waals surface area contributed by atoms with E-state index in [1.54, 1.807) is 0 Å². The zero-order chi connectivity index (χ0) is 40.5. The first kappa shape index (κ1) is 40.3. The minimum atomic E-state index is -0.383. The van der Waals surface area contributed by atoms with Gasteiger partial charge in [-0.3, -0.25) is 0 Å². The van der Waals surface area contributed by atoms with Crippen molar-refractivity contribution in [2.45, 2.75) is 51.4 Å². The van der Waals surface area contributed by atoms with Gasteiger partial charge < -0.3 is 19.7 Å². The summed E-state index contributed by atoms with van der Waals surface area (Å²) in [4.78, 5) is 0. The van der Waals surface area contributed by atoms with Crippen molar-refractivity contribution in [1.29, 1.82) is 0 Å². The maximum Gasteiger partial charge on any atom is 0.130 e. The largest absolute Gasteiger partial charge is 0.490 e. The van der Waals surface area contributed by atoms with Crippen LogP contribution in [0.15, 0.2) is 170 Å². The van der Waals surface area contributed by atoms with Crippen LogP contribution in [0.4, 0.5) is 0 Å². The maximum absolute atomic E-state index is 9.84. The lowest BCUT2D eigenvalue weighted by Gasteiger charge is -2.32. The molecule has 294 valence electrons. The molecule has 0 aliphatic heterocycles. The molecule has 0 fully saturated rings. The van der Waals surface area contributed by atoms with Gasteiger partial charge in [0.1, 0.15) is 24.7 Å². The number of hydrogen-bond donors (Lipinski definition) is 2. The molecule has 0 heterocycles. The Kier molecular flexibility index (Phi) is 12.6. The van der Waals surface area contributed by atoms with Crippen LogP contribution in [0.5, 0.6) is 11.5 Å². The summed E-state index contributed by atoms with van der Waals surface area (Å²) in [7, 11) is 0. The van der Waals surface area contributed by atoms with Gasteiger partial charge in [-0.25, -0.2) is 0 Å². The van der Waals surface area contributed by atoms with Crippen molar-refractivity contribution in [3.05, 3.63) is 214 Å². The first-order valence-electron chi connectivity index (χ1n) is 20.3. The fourth-order valence-electron chi connectivity index (χ4n) is 7.92. The molecule has 4 nitrogen and oxygen atoms in total. The van der Waals surface area contributed by atoms with Crippen LogP contribution in [0.2, 0.25) is 0 Å². The van der Waals surface area contributed by atoms with E-state index in [9.17, 15) is 10.2 Å². The van der Waals surface area contributed by atoms with Gasteiger partial charge in [-0.05, 0) is 67.8 Å². The Balaban J connectivity index is 1.35. The van der Waals surface area contributed by atoms with Crippen LogP contribution in [-0.4, -0.2) is 36.6 Å². The van der Waals surface area contributed by atoms with E-state index in [0.717, 1.165) is 44.9 Å². The Morgan fingerprint density at radius 2 is 0.759 bits per heavy atom. The minimum absolute atomic E-state index is 0.0617. The summed E-state index contributed by atoms with van der Waals surface area (Å²) in [5.41, 5.74) is 12.8. The number of aliphatic hydroxyl groups is 2. The molecule has 0 radical (unpaired) electrons. The Labute approximate surface area is 344 Å². The SMILES string of the molecule is CC(C)(c1cccc(C(C)(C)c2cc(Cc3ccccc3)c(OCCO)c(-c3ccccc3)c2)c1)c1cc(Cc2ccccc2)c(OCCO)c(-c2ccccc2)c1. The molecule has 0 unspecified atom stereocenters. The molecule has 4 heteroatoms. The third-order valence-electron chi connectivity index (χ3n) is 11.4. The number of rotatable bonds is 16. The van der Waals surface area contributed by atoms with Gasteiger partial charge in [0.2, 0.25) is 0 Å². The lowest BCUT2D eigenvalue weighted by molar-refractivity contribution is 0.201. The van der Waals surface area contributed by atoms with Crippen LogP contribution in [0.25, 0.3) is 22.3 Å². The zero-order valence-corrected chi connectivity index (χ0v) is 34.1. The van der Waals surface area contributed by atoms with E-state index >= 15 is 0 Å². The standard InChI is InChI=1S/C54H54O4/c1-53(2,47-34-43(32-39-18-9-5-10-19-39)51(57-30-28-55)49(37-47)41-22-13-7-14-23-41)45-26-17-27-46(36-45)54(3,4)48-35-44(33-40-20-11-6-12-21-40)52(58-31-29-56)50(38-48)42-24-15-8-16-25-42/h5-27,34-38,55-56H,28-33H2,1-4H3. The maximum atomic E-state index is 9.84. The second kappa shape index (κ2) is 18.1. The molecule has 0 atom stereocenters. The van der Waals surface area contributed by atoms with Crippen LogP contribution in [0.3, 0.4) is 0 Å². The van der Waals surface area contributed by atoms with Gasteiger partial charge in [0.05, 0.1) is 13.2 Å². The topological polar surface area (TPSA) is 58.9 Å². The highest BCUT2D eigenvalue weighted by atomic mass is 16.5. The Morgan fingerprint density at radius 3 is 1.12 bits per heavy atom. The summed E-state index contributed by atoms with van der Waals surface area (Å²) in [6, 6.07) is 60.1. The summed E-state index contributed by atoms with van der Waals surface area (Å²) < 4.78 is 12.8. The Bertz CT molecular complexity index is 2230. The highest BCUT2D eigenvalue weighted by Crippen LogP contribution is 2.45. The highest BCUT2D eigenvalue weighted by molar-refractivity contribution is 5.76. The molecule has 58 heavy (non-hydrogen) atoms. The van der Waals surface area contributed by atoms with Gasteiger partial charge in [-0.2, -0.15) is 0 Å². The molecule has 0 aliphatic carbocycles. The predicted octanol–water partition coefficient (Wildman–Crippen LogP) is 11.6. The Hall–Kier alpha value is -5.94. The van der Waals surface area contributed by atoms with Crippen molar-refractivity contribution >= 4 is 0 Å².